The molecule has 1 atom stereocenters. The van der Waals surface area contributed by atoms with Crippen LogP contribution in [0.4, 0.5) is 0 Å². The fourth-order valence-corrected chi connectivity index (χ4v) is 3.71. The minimum atomic E-state index is -0.597. The second-order valence-electron chi connectivity index (χ2n) is 8.24. The van der Waals surface area contributed by atoms with E-state index in [1.165, 1.54) is 0 Å². The highest BCUT2D eigenvalue weighted by Crippen LogP contribution is 2.18. The number of ether oxygens (including phenoxy) is 3. The molecule has 0 spiro atoms. The zero-order chi connectivity index (χ0) is 22.9. The maximum Gasteiger partial charge on any atom is 0.309 e. The predicted octanol–water partition coefficient (Wildman–Crippen LogP) is 6.09. The van der Waals surface area contributed by atoms with Crippen LogP contribution >= 0.6 is 0 Å². The van der Waals surface area contributed by atoms with Gasteiger partial charge in [-0.15, -0.1) is 0 Å². The quantitative estimate of drug-likeness (QED) is 0.278. The van der Waals surface area contributed by atoms with Crippen LogP contribution < -0.4 is 0 Å². The molecule has 1 aromatic rings. The molecule has 0 radical (unpaired) electrons. The van der Waals surface area contributed by atoms with Gasteiger partial charge >= 0.3 is 11.9 Å². The van der Waals surface area contributed by atoms with Crippen LogP contribution in [0, 0.1) is 11.8 Å². The zero-order valence-electron chi connectivity index (χ0n) is 19.9. The van der Waals surface area contributed by atoms with Crippen molar-refractivity contribution in [1.82, 2.24) is 0 Å². The first-order chi connectivity index (χ1) is 15.0. The lowest BCUT2D eigenvalue weighted by Gasteiger charge is -2.23. The Morgan fingerprint density at radius 1 is 0.742 bits per heavy atom. The molecule has 0 amide bonds. The van der Waals surface area contributed by atoms with Crippen LogP contribution in [0.3, 0.4) is 0 Å². The zero-order valence-corrected chi connectivity index (χ0v) is 19.9. The maximum atomic E-state index is 12.7. The molecule has 0 aliphatic carbocycles. The van der Waals surface area contributed by atoms with Crippen molar-refractivity contribution in [3.05, 3.63) is 35.9 Å². The molecule has 0 aromatic heterocycles. The minimum absolute atomic E-state index is 0.0360. The topological polar surface area (TPSA) is 61.8 Å². The van der Waals surface area contributed by atoms with Gasteiger partial charge in [-0.2, -0.15) is 0 Å². The molecule has 1 aromatic carbocycles. The number of carbonyl (C=O) groups is 2. The first-order valence-electron chi connectivity index (χ1n) is 12.0. The summed E-state index contributed by atoms with van der Waals surface area (Å²) in [5, 5.41) is 0. The van der Waals surface area contributed by atoms with Crippen molar-refractivity contribution >= 4 is 11.9 Å². The standard InChI is InChI=1S/C26H42O5/c1-5-12-22(13-6-2)25(27)30-20-24(19-29-18-21-16-10-9-11-17-21)31-26(28)23(14-7-3)15-8-4/h9-11,16-17,22-24H,5-8,12-15,18-20H2,1-4H3. The van der Waals surface area contributed by atoms with Crippen molar-refractivity contribution in [2.45, 2.75) is 91.8 Å². The number of rotatable bonds is 17. The average Bonchev–Trinajstić information content (AvgIpc) is 2.77. The lowest BCUT2D eigenvalue weighted by Crippen LogP contribution is -2.33. The van der Waals surface area contributed by atoms with Gasteiger partial charge in [0, 0.05) is 0 Å². The summed E-state index contributed by atoms with van der Waals surface area (Å²) in [5.74, 6) is -0.627. The Bertz CT molecular complexity index is 589. The molecule has 5 heteroatoms. The summed E-state index contributed by atoms with van der Waals surface area (Å²) in [7, 11) is 0. The molecule has 0 bridgehead atoms. The molecule has 0 heterocycles. The number of carbonyl (C=O) groups excluding carboxylic acids is 2. The molecule has 0 fully saturated rings. The van der Waals surface area contributed by atoms with E-state index < -0.39 is 6.10 Å². The van der Waals surface area contributed by atoms with E-state index in [0.29, 0.717) is 6.61 Å². The lowest BCUT2D eigenvalue weighted by molar-refractivity contribution is -0.168. The van der Waals surface area contributed by atoms with Crippen LogP contribution in [0.5, 0.6) is 0 Å². The Hall–Kier alpha value is -1.88. The minimum Gasteiger partial charge on any atom is -0.461 e. The van der Waals surface area contributed by atoms with Gasteiger partial charge < -0.3 is 14.2 Å². The van der Waals surface area contributed by atoms with E-state index in [2.05, 4.69) is 27.7 Å². The summed E-state index contributed by atoms with van der Waals surface area (Å²) in [6.07, 6.45) is 6.38. The maximum absolute atomic E-state index is 12.7. The molecule has 31 heavy (non-hydrogen) atoms. The molecular formula is C26H42O5. The molecule has 0 saturated carbocycles. The van der Waals surface area contributed by atoms with Gasteiger partial charge in [-0.25, -0.2) is 0 Å². The van der Waals surface area contributed by atoms with E-state index >= 15 is 0 Å². The van der Waals surface area contributed by atoms with Gasteiger partial charge in [0.1, 0.15) is 6.61 Å². The fraction of sp³-hybridized carbons (Fsp3) is 0.692. The smallest absolute Gasteiger partial charge is 0.309 e. The van der Waals surface area contributed by atoms with Crippen molar-refractivity contribution in [2.24, 2.45) is 11.8 Å². The monoisotopic (exact) mass is 434 g/mol. The van der Waals surface area contributed by atoms with Crippen molar-refractivity contribution in [3.63, 3.8) is 0 Å². The van der Waals surface area contributed by atoms with Gasteiger partial charge in [-0.3, -0.25) is 9.59 Å². The summed E-state index contributed by atoms with van der Waals surface area (Å²) in [6, 6.07) is 9.84. The first kappa shape index (κ1) is 27.2. The van der Waals surface area contributed by atoms with Crippen molar-refractivity contribution in [1.29, 1.82) is 0 Å². The highest BCUT2D eigenvalue weighted by Gasteiger charge is 2.25. The van der Waals surface area contributed by atoms with E-state index in [1.807, 2.05) is 30.3 Å². The van der Waals surface area contributed by atoms with E-state index in [0.717, 1.165) is 56.9 Å². The van der Waals surface area contributed by atoms with Gasteiger partial charge in [0.25, 0.3) is 0 Å². The summed E-state index contributed by atoms with van der Waals surface area (Å²) in [4.78, 5) is 25.3. The van der Waals surface area contributed by atoms with E-state index in [-0.39, 0.29) is 37.0 Å². The van der Waals surface area contributed by atoms with Crippen molar-refractivity contribution < 1.29 is 23.8 Å². The van der Waals surface area contributed by atoms with Gasteiger partial charge in [-0.1, -0.05) is 83.7 Å². The molecule has 176 valence electrons. The molecule has 0 N–H and O–H groups in total. The normalized spacial score (nSPS) is 12.2. The predicted molar refractivity (Wildman–Crippen MR) is 124 cm³/mol. The van der Waals surface area contributed by atoms with Gasteiger partial charge in [0.05, 0.1) is 25.0 Å². The van der Waals surface area contributed by atoms with Crippen LogP contribution in [-0.4, -0.2) is 31.3 Å². The third kappa shape index (κ3) is 11.3. The van der Waals surface area contributed by atoms with Crippen LogP contribution in [0.15, 0.2) is 30.3 Å². The number of hydrogen-bond acceptors (Lipinski definition) is 5. The largest absolute Gasteiger partial charge is 0.461 e. The molecule has 0 aliphatic heterocycles. The number of esters is 2. The summed E-state index contributed by atoms with van der Waals surface area (Å²) in [6.45, 7) is 8.93. The number of hydrogen-bond donors (Lipinski definition) is 0. The third-order valence-corrected chi connectivity index (χ3v) is 5.32. The molecule has 0 aliphatic rings. The Kier molecular flexibility index (Phi) is 14.7. The lowest BCUT2D eigenvalue weighted by atomic mass is 9.98. The first-order valence-corrected chi connectivity index (χ1v) is 12.0. The average molecular weight is 435 g/mol. The SMILES string of the molecule is CCCC(CCC)C(=O)OCC(COCc1ccccc1)OC(=O)C(CCC)CCC. The molecule has 1 unspecified atom stereocenters. The molecule has 5 nitrogen and oxygen atoms in total. The van der Waals surface area contributed by atoms with E-state index in [9.17, 15) is 9.59 Å². The molecule has 1 rings (SSSR count). The summed E-state index contributed by atoms with van der Waals surface area (Å²) in [5.41, 5.74) is 1.05. The number of benzene rings is 1. The third-order valence-electron chi connectivity index (χ3n) is 5.32. The van der Waals surface area contributed by atoms with Crippen molar-refractivity contribution in [2.75, 3.05) is 13.2 Å². The Morgan fingerprint density at radius 2 is 1.26 bits per heavy atom. The van der Waals surface area contributed by atoms with Crippen LogP contribution in [0.25, 0.3) is 0 Å². The van der Waals surface area contributed by atoms with Crippen LogP contribution in [0.1, 0.15) is 84.6 Å². The van der Waals surface area contributed by atoms with Crippen LogP contribution in [0.2, 0.25) is 0 Å². The van der Waals surface area contributed by atoms with Crippen molar-refractivity contribution in [3.8, 4) is 0 Å². The summed E-state index contributed by atoms with van der Waals surface area (Å²) < 4.78 is 17.1. The molecule has 0 saturated heterocycles. The van der Waals surface area contributed by atoms with Gasteiger partial charge in [-0.05, 0) is 31.2 Å². The summed E-state index contributed by atoms with van der Waals surface area (Å²) >= 11 is 0. The van der Waals surface area contributed by atoms with E-state index in [1.54, 1.807) is 0 Å². The van der Waals surface area contributed by atoms with Gasteiger partial charge in [0.15, 0.2) is 6.10 Å². The van der Waals surface area contributed by atoms with E-state index in [4.69, 9.17) is 14.2 Å². The second kappa shape index (κ2) is 16.8. The molecular weight excluding hydrogens is 392 g/mol. The van der Waals surface area contributed by atoms with Gasteiger partial charge in [0.2, 0.25) is 0 Å². The Labute approximate surface area is 188 Å². The Morgan fingerprint density at radius 3 is 1.77 bits per heavy atom. The fourth-order valence-electron chi connectivity index (χ4n) is 3.71. The van der Waals surface area contributed by atoms with Crippen LogP contribution in [-0.2, 0) is 30.4 Å². The Balaban J connectivity index is 2.71. The second-order valence-corrected chi connectivity index (χ2v) is 8.24. The highest BCUT2D eigenvalue weighted by atomic mass is 16.6. The highest BCUT2D eigenvalue weighted by molar-refractivity contribution is 5.73.